The zero-order chi connectivity index (χ0) is 13.8. The molecular formula is C17H33N3. The second kappa shape index (κ2) is 7.24. The number of hydrogen-bond donors (Lipinski definition) is 1. The van der Waals surface area contributed by atoms with Crippen LogP contribution in [0.25, 0.3) is 0 Å². The monoisotopic (exact) mass is 279 g/mol. The van der Waals surface area contributed by atoms with Crippen molar-refractivity contribution in [3.8, 4) is 0 Å². The van der Waals surface area contributed by atoms with Gasteiger partial charge in [-0.1, -0.05) is 12.8 Å². The van der Waals surface area contributed by atoms with Gasteiger partial charge < -0.3 is 10.6 Å². The fourth-order valence-corrected chi connectivity index (χ4v) is 4.78. The summed E-state index contributed by atoms with van der Waals surface area (Å²) in [5.41, 5.74) is 6.10. The lowest BCUT2D eigenvalue weighted by Crippen LogP contribution is -2.49. The molecule has 3 heteroatoms. The van der Waals surface area contributed by atoms with Crippen LogP contribution in [0.3, 0.4) is 0 Å². The van der Waals surface area contributed by atoms with Crippen molar-refractivity contribution in [1.82, 2.24) is 9.80 Å². The molecule has 1 aliphatic carbocycles. The van der Waals surface area contributed by atoms with Crippen molar-refractivity contribution in [1.29, 1.82) is 0 Å². The highest BCUT2D eigenvalue weighted by molar-refractivity contribution is 4.87. The first-order valence-corrected chi connectivity index (χ1v) is 9.03. The standard InChI is InChI=1S/C17H33N3/c18-13-17(16-5-1-2-6-16)20-11-7-15(8-12-20)14-19-9-3-4-10-19/h15-17H,1-14,18H2. The Morgan fingerprint density at radius 3 is 2.10 bits per heavy atom. The molecule has 20 heavy (non-hydrogen) atoms. The van der Waals surface area contributed by atoms with Gasteiger partial charge in [0.1, 0.15) is 0 Å². The van der Waals surface area contributed by atoms with Gasteiger partial charge in [0.25, 0.3) is 0 Å². The van der Waals surface area contributed by atoms with Crippen molar-refractivity contribution < 1.29 is 0 Å². The van der Waals surface area contributed by atoms with Gasteiger partial charge in [0, 0.05) is 19.1 Å². The van der Waals surface area contributed by atoms with E-state index in [4.69, 9.17) is 5.73 Å². The first-order valence-electron chi connectivity index (χ1n) is 9.03. The summed E-state index contributed by atoms with van der Waals surface area (Å²) in [4.78, 5) is 5.42. The third kappa shape index (κ3) is 3.55. The van der Waals surface area contributed by atoms with Crippen molar-refractivity contribution in [2.45, 2.75) is 57.4 Å². The number of hydrogen-bond acceptors (Lipinski definition) is 3. The summed E-state index contributed by atoms with van der Waals surface area (Å²) in [6.45, 7) is 7.56. The fraction of sp³-hybridized carbons (Fsp3) is 1.00. The summed E-state index contributed by atoms with van der Waals surface area (Å²) in [5.74, 6) is 1.85. The zero-order valence-electron chi connectivity index (χ0n) is 13.1. The van der Waals surface area contributed by atoms with Crippen LogP contribution < -0.4 is 5.73 Å². The van der Waals surface area contributed by atoms with Crippen molar-refractivity contribution in [2.75, 3.05) is 39.3 Å². The quantitative estimate of drug-likeness (QED) is 0.838. The zero-order valence-corrected chi connectivity index (χ0v) is 13.1. The summed E-state index contributed by atoms with van der Waals surface area (Å²) < 4.78 is 0. The highest BCUT2D eigenvalue weighted by Crippen LogP contribution is 2.32. The molecule has 1 saturated carbocycles. The van der Waals surface area contributed by atoms with Crippen molar-refractivity contribution in [3.05, 3.63) is 0 Å². The smallest absolute Gasteiger partial charge is 0.0246 e. The molecule has 2 heterocycles. The van der Waals surface area contributed by atoms with E-state index in [1.165, 1.54) is 84.1 Å². The van der Waals surface area contributed by atoms with E-state index < -0.39 is 0 Å². The second-order valence-corrected chi connectivity index (χ2v) is 7.33. The third-order valence-electron chi connectivity index (χ3n) is 6.02. The SMILES string of the molecule is NCC(C1CCCC1)N1CCC(CN2CCCC2)CC1. The second-order valence-electron chi connectivity index (χ2n) is 7.33. The van der Waals surface area contributed by atoms with Gasteiger partial charge in [0.05, 0.1) is 0 Å². The predicted octanol–water partition coefficient (Wildman–Crippen LogP) is 2.31. The Labute approximate surface area is 124 Å². The van der Waals surface area contributed by atoms with Gasteiger partial charge in [0.15, 0.2) is 0 Å². The molecule has 2 aliphatic heterocycles. The summed E-state index contributed by atoms with van der Waals surface area (Å²) in [5, 5.41) is 0. The Balaban J connectivity index is 1.44. The number of piperidine rings is 1. The van der Waals surface area contributed by atoms with Crippen LogP contribution in [0.4, 0.5) is 0 Å². The minimum absolute atomic E-state index is 0.685. The Hall–Kier alpha value is -0.120. The highest BCUT2D eigenvalue weighted by atomic mass is 15.2. The molecule has 116 valence electrons. The van der Waals surface area contributed by atoms with Crippen LogP contribution in [0.1, 0.15) is 51.4 Å². The molecule has 0 bridgehead atoms. The van der Waals surface area contributed by atoms with E-state index in [-0.39, 0.29) is 0 Å². The van der Waals surface area contributed by atoms with E-state index in [2.05, 4.69) is 9.80 Å². The summed E-state index contributed by atoms with van der Waals surface area (Å²) in [6.07, 6.45) is 11.4. The highest BCUT2D eigenvalue weighted by Gasteiger charge is 2.31. The van der Waals surface area contributed by atoms with Crippen molar-refractivity contribution in [3.63, 3.8) is 0 Å². The number of nitrogens with two attached hydrogens (primary N) is 1. The van der Waals surface area contributed by atoms with Crippen LogP contribution in [0, 0.1) is 11.8 Å². The molecule has 3 nitrogen and oxygen atoms in total. The molecule has 2 N–H and O–H groups in total. The van der Waals surface area contributed by atoms with Gasteiger partial charge in [0.2, 0.25) is 0 Å². The predicted molar refractivity (Wildman–Crippen MR) is 84.8 cm³/mol. The molecule has 0 amide bonds. The fourth-order valence-electron chi connectivity index (χ4n) is 4.78. The molecule has 2 saturated heterocycles. The van der Waals surface area contributed by atoms with Crippen LogP contribution in [0.2, 0.25) is 0 Å². The molecule has 3 aliphatic rings. The van der Waals surface area contributed by atoms with Gasteiger partial charge in [-0.2, -0.15) is 0 Å². The van der Waals surface area contributed by atoms with Gasteiger partial charge in [-0.3, -0.25) is 4.90 Å². The first kappa shape index (κ1) is 14.8. The third-order valence-corrected chi connectivity index (χ3v) is 6.02. The summed E-state index contributed by atoms with van der Waals surface area (Å²) >= 11 is 0. The number of rotatable bonds is 5. The minimum atomic E-state index is 0.685. The Morgan fingerprint density at radius 1 is 0.850 bits per heavy atom. The summed E-state index contributed by atoms with van der Waals surface area (Å²) in [7, 11) is 0. The molecule has 0 radical (unpaired) electrons. The molecule has 1 atom stereocenters. The van der Waals surface area contributed by atoms with Gasteiger partial charge in [-0.15, -0.1) is 0 Å². The van der Waals surface area contributed by atoms with Crippen LogP contribution in [-0.4, -0.2) is 55.1 Å². The molecule has 3 rings (SSSR count). The van der Waals surface area contributed by atoms with Gasteiger partial charge in [-0.05, 0) is 76.5 Å². The van der Waals surface area contributed by atoms with Crippen LogP contribution >= 0.6 is 0 Å². The van der Waals surface area contributed by atoms with E-state index in [0.717, 1.165) is 18.4 Å². The summed E-state index contributed by atoms with van der Waals surface area (Å²) in [6, 6.07) is 0.685. The average molecular weight is 279 g/mol. The molecule has 3 fully saturated rings. The topological polar surface area (TPSA) is 32.5 Å². The van der Waals surface area contributed by atoms with E-state index in [1.54, 1.807) is 0 Å². The Bertz CT molecular complexity index is 274. The maximum Gasteiger partial charge on any atom is 0.0246 e. The van der Waals surface area contributed by atoms with E-state index in [1.807, 2.05) is 0 Å². The lowest BCUT2D eigenvalue weighted by molar-refractivity contribution is 0.0888. The maximum absolute atomic E-state index is 6.10. The number of likely N-dealkylation sites (tertiary alicyclic amines) is 2. The Kier molecular flexibility index (Phi) is 5.36. The van der Waals surface area contributed by atoms with Crippen molar-refractivity contribution in [2.24, 2.45) is 17.6 Å². The molecule has 1 unspecified atom stereocenters. The Morgan fingerprint density at radius 2 is 1.50 bits per heavy atom. The van der Waals surface area contributed by atoms with Crippen molar-refractivity contribution >= 4 is 0 Å². The van der Waals surface area contributed by atoms with E-state index >= 15 is 0 Å². The van der Waals surface area contributed by atoms with Gasteiger partial charge >= 0.3 is 0 Å². The van der Waals surface area contributed by atoms with E-state index in [9.17, 15) is 0 Å². The lowest BCUT2D eigenvalue weighted by Gasteiger charge is -2.40. The molecular weight excluding hydrogens is 246 g/mol. The molecule has 0 aromatic heterocycles. The lowest BCUT2D eigenvalue weighted by atomic mass is 9.91. The average Bonchev–Trinajstić information content (AvgIpc) is 3.15. The maximum atomic E-state index is 6.10. The minimum Gasteiger partial charge on any atom is -0.329 e. The normalized spacial score (nSPS) is 29.2. The molecule has 0 spiro atoms. The van der Waals surface area contributed by atoms with Gasteiger partial charge in [-0.25, -0.2) is 0 Å². The first-order chi connectivity index (χ1) is 9.86. The largest absolute Gasteiger partial charge is 0.329 e. The van der Waals surface area contributed by atoms with E-state index in [0.29, 0.717) is 6.04 Å². The molecule has 0 aromatic rings. The van der Waals surface area contributed by atoms with Crippen LogP contribution in [0.15, 0.2) is 0 Å². The van der Waals surface area contributed by atoms with Crippen LogP contribution in [-0.2, 0) is 0 Å². The van der Waals surface area contributed by atoms with Crippen LogP contribution in [0.5, 0.6) is 0 Å². The molecule has 0 aromatic carbocycles. The number of nitrogens with zero attached hydrogens (tertiary/aromatic N) is 2.